The SMILES string of the molecule is O=S(=O)(CC1CCNCC1)Nc1cc(F)c(Br)cc1F. The van der Waals surface area contributed by atoms with Gasteiger partial charge < -0.3 is 5.32 Å². The van der Waals surface area contributed by atoms with Crippen LogP contribution >= 0.6 is 15.9 Å². The Morgan fingerprint density at radius 1 is 1.25 bits per heavy atom. The quantitative estimate of drug-likeness (QED) is 0.802. The van der Waals surface area contributed by atoms with Crippen LogP contribution in [0.25, 0.3) is 0 Å². The zero-order valence-electron chi connectivity index (χ0n) is 10.6. The van der Waals surface area contributed by atoms with Crippen molar-refractivity contribution in [3.63, 3.8) is 0 Å². The van der Waals surface area contributed by atoms with E-state index in [0.29, 0.717) is 0 Å². The summed E-state index contributed by atoms with van der Waals surface area (Å²) in [6.45, 7) is 1.56. The van der Waals surface area contributed by atoms with E-state index in [1.165, 1.54) is 0 Å². The fraction of sp³-hybridized carbons (Fsp3) is 0.500. The van der Waals surface area contributed by atoms with E-state index < -0.39 is 21.7 Å². The van der Waals surface area contributed by atoms with E-state index in [1.807, 2.05) is 0 Å². The van der Waals surface area contributed by atoms with Crippen molar-refractivity contribution in [2.75, 3.05) is 23.6 Å². The maximum Gasteiger partial charge on any atom is 0.233 e. The Kier molecular flexibility index (Phi) is 4.98. The summed E-state index contributed by atoms with van der Waals surface area (Å²) in [7, 11) is -3.69. The standard InChI is InChI=1S/C12H15BrF2N2O2S/c13-9-5-11(15)12(6-10(9)14)17-20(18,19)7-8-1-3-16-4-2-8/h5-6,8,16-17H,1-4,7H2. The van der Waals surface area contributed by atoms with Crippen LogP contribution < -0.4 is 10.0 Å². The van der Waals surface area contributed by atoms with Crippen LogP contribution in [0.4, 0.5) is 14.5 Å². The van der Waals surface area contributed by atoms with E-state index in [-0.39, 0.29) is 21.8 Å². The molecule has 0 unspecified atom stereocenters. The largest absolute Gasteiger partial charge is 0.317 e. The molecule has 0 bridgehead atoms. The predicted octanol–water partition coefficient (Wildman–Crippen LogP) is 2.47. The lowest BCUT2D eigenvalue weighted by Crippen LogP contribution is -2.33. The highest BCUT2D eigenvalue weighted by Gasteiger charge is 2.22. The summed E-state index contributed by atoms with van der Waals surface area (Å²) < 4.78 is 53.0. The summed E-state index contributed by atoms with van der Waals surface area (Å²) in [5, 5.41) is 3.14. The van der Waals surface area contributed by atoms with Crippen molar-refractivity contribution in [1.29, 1.82) is 0 Å². The summed E-state index contributed by atoms with van der Waals surface area (Å²) in [6.07, 6.45) is 1.52. The van der Waals surface area contributed by atoms with Gasteiger partial charge in [0, 0.05) is 6.07 Å². The maximum absolute atomic E-state index is 13.6. The minimum Gasteiger partial charge on any atom is -0.317 e. The zero-order chi connectivity index (χ0) is 14.8. The molecule has 1 fully saturated rings. The van der Waals surface area contributed by atoms with Gasteiger partial charge in [0.2, 0.25) is 10.0 Å². The Bertz CT molecular complexity index is 589. The van der Waals surface area contributed by atoms with E-state index >= 15 is 0 Å². The number of anilines is 1. The molecule has 1 aliphatic rings. The van der Waals surface area contributed by atoms with Crippen LogP contribution in [0.15, 0.2) is 16.6 Å². The molecule has 0 spiro atoms. The highest BCUT2D eigenvalue weighted by atomic mass is 79.9. The molecule has 1 saturated heterocycles. The molecule has 0 aromatic heterocycles. The van der Waals surface area contributed by atoms with Crippen LogP contribution in [0.1, 0.15) is 12.8 Å². The predicted molar refractivity (Wildman–Crippen MR) is 77.1 cm³/mol. The minimum atomic E-state index is -3.69. The lowest BCUT2D eigenvalue weighted by molar-refractivity contribution is 0.402. The number of halogens is 3. The first kappa shape index (κ1) is 15.7. The van der Waals surface area contributed by atoms with Crippen molar-refractivity contribution < 1.29 is 17.2 Å². The molecule has 1 heterocycles. The van der Waals surface area contributed by atoms with Crippen molar-refractivity contribution in [2.24, 2.45) is 5.92 Å². The highest BCUT2D eigenvalue weighted by molar-refractivity contribution is 9.10. The second-order valence-electron chi connectivity index (χ2n) is 4.82. The number of benzene rings is 1. The van der Waals surface area contributed by atoms with Gasteiger partial charge in [0.25, 0.3) is 0 Å². The van der Waals surface area contributed by atoms with Crippen molar-refractivity contribution >= 4 is 31.6 Å². The van der Waals surface area contributed by atoms with E-state index in [9.17, 15) is 17.2 Å². The molecule has 0 atom stereocenters. The summed E-state index contributed by atoms with van der Waals surface area (Å²) in [5.41, 5.74) is -0.361. The summed E-state index contributed by atoms with van der Waals surface area (Å²) >= 11 is 2.84. The third-order valence-corrected chi connectivity index (χ3v) is 5.24. The molecule has 4 nitrogen and oxygen atoms in total. The van der Waals surface area contributed by atoms with Crippen LogP contribution in [-0.4, -0.2) is 27.3 Å². The molecule has 8 heteroatoms. The van der Waals surface area contributed by atoms with Gasteiger partial charge in [0.15, 0.2) is 0 Å². The van der Waals surface area contributed by atoms with E-state index in [1.54, 1.807) is 0 Å². The normalized spacial score (nSPS) is 17.1. The van der Waals surface area contributed by atoms with Crippen LogP contribution in [0.2, 0.25) is 0 Å². The molecule has 1 aromatic carbocycles. The number of piperidine rings is 1. The number of sulfonamides is 1. The fourth-order valence-corrected chi connectivity index (χ4v) is 4.01. The number of nitrogens with one attached hydrogen (secondary N) is 2. The molecule has 0 radical (unpaired) electrons. The lowest BCUT2D eigenvalue weighted by Gasteiger charge is -2.22. The second-order valence-corrected chi connectivity index (χ2v) is 7.44. The lowest BCUT2D eigenvalue weighted by atomic mass is 10.0. The van der Waals surface area contributed by atoms with Gasteiger partial charge in [-0.15, -0.1) is 0 Å². The molecule has 2 rings (SSSR count). The van der Waals surface area contributed by atoms with Gasteiger partial charge in [-0.2, -0.15) is 0 Å². The number of hydrogen-bond donors (Lipinski definition) is 2. The molecule has 1 aromatic rings. The maximum atomic E-state index is 13.6. The topological polar surface area (TPSA) is 58.2 Å². The Hall–Kier alpha value is -0.730. The van der Waals surface area contributed by atoms with Gasteiger partial charge >= 0.3 is 0 Å². The van der Waals surface area contributed by atoms with E-state index in [0.717, 1.165) is 38.1 Å². The van der Waals surface area contributed by atoms with Crippen LogP contribution in [0.3, 0.4) is 0 Å². The van der Waals surface area contributed by atoms with Crippen molar-refractivity contribution in [1.82, 2.24) is 5.32 Å². The molecule has 1 aliphatic heterocycles. The van der Waals surface area contributed by atoms with Crippen molar-refractivity contribution in [2.45, 2.75) is 12.8 Å². The first-order valence-electron chi connectivity index (χ1n) is 6.23. The third kappa shape index (κ3) is 4.13. The molecule has 20 heavy (non-hydrogen) atoms. The summed E-state index contributed by atoms with van der Waals surface area (Å²) in [5.74, 6) is -1.57. The number of rotatable bonds is 4. The minimum absolute atomic E-state index is 0.0390. The molecule has 0 aliphatic carbocycles. The smallest absolute Gasteiger partial charge is 0.233 e. The van der Waals surface area contributed by atoms with Crippen molar-refractivity contribution in [3.8, 4) is 0 Å². The van der Waals surface area contributed by atoms with Gasteiger partial charge in [-0.1, -0.05) is 0 Å². The highest BCUT2D eigenvalue weighted by Crippen LogP contribution is 2.25. The monoisotopic (exact) mass is 368 g/mol. The molecule has 112 valence electrons. The third-order valence-electron chi connectivity index (χ3n) is 3.19. The second kappa shape index (κ2) is 6.36. The summed E-state index contributed by atoms with van der Waals surface area (Å²) in [6, 6.07) is 1.73. The Morgan fingerprint density at radius 2 is 1.90 bits per heavy atom. The van der Waals surface area contributed by atoms with Crippen molar-refractivity contribution in [3.05, 3.63) is 28.2 Å². The molecular formula is C12H15BrF2N2O2S. The van der Waals surface area contributed by atoms with Crippen LogP contribution in [0, 0.1) is 17.6 Å². The Labute approximate surface area is 125 Å². The Morgan fingerprint density at radius 3 is 2.55 bits per heavy atom. The average Bonchev–Trinajstić information content (AvgIpc) is 2.36. The van der Waals surface area contributed by atoms with E-state index in [2.05, 4.69) is 26.0 Å². The average molecular weight is 369 g/mol. The van der Waals surface area contributed by atoms with Gasteiger partial charge in [-0.25, -0.2) is 17.2 Å². The zero-order valence-corrected chi connectivity index (χ0v) is 13.0. The van der Waals surface area contributed by atoms with Gasteiger partial charge in [0.05, 0.1) is 15.9 Å². The molecule has 2 N–H and O–H groups in total. The first-order chi connectivity index (χ1) is 9.37. The number of hydrogen-bond acceptors (Lipinski definition) is 3. The molecular weight excluding hydrogens is 354 g/mol. The van der Waals surface area contributed by atoms with E-state index in [4.69, 9.17) is 0 Å². The Balaban J connectivity index is 2.09. The fourth-order valence-electron chi connectivity index (χ4n) is 2.17. The molecule has 0 amide bonds. The van der Waals surface area contributed by atoms with Gasteiger partial charge in [-0.3, -0.25) is 4.72 Å². The van der Waals surface area contributed by atoms with Crippen LogP contribution in [-0.2, 0) is 10.0 Å². The molecule has 0 saturated carbocycles. The van der Waals surface area contributed by atoms with Gasteiger partial charge in [0.1, 0.15) is 11.6 Å². The first-order valence-corrected chi connectivity index (χ1v) is 8.67. The summed E-state index contributed by atoms with van der Waals surface area (Å²) in [4.78, 5) is 0. The van der Waals surface area contributed by atoms with Gasteiger partial charge in [-0.05, 0) is 53.8 Å². The van der Waals surface area contributed by atoms with Crippen LogP contribution in [0.5, 0.6) is 0 Å².